The van der Waals surface area contributed by atoms with Gasteiger partial charge in [0.05, 0.1) is 11.3 Å². The van der Waals surface area contributed by atoms with Crippen molar-refractivity contribution in [3.63, 3.8) is 0 Å². The van der Waals surface area contributed by atoms with Crippen LogP contribution in [0, 0.1) is 10.1 Å². The first-order chi connectivity index (χ1) is 17.9. The Morgan fingerprint density at radius 2 is 1.59 bits per heavy atom. The number of hydrogen-bond donors (Lipinski definition) is 1. The van der Waals surface area contributed by atoms with E-state index < -0.39 is 11.0 Å². The van der Waals surface area contributed by atoms with Crippen molar-refractivity contribution in [1.29, 1.82) is 0 Å². The number of benzene rings is 3. The number of carbonyl (C=O) groups is 2. The zero-order valence-electron chi connectivity index (χ0n) is 20.5. The van der Waals surface area contributed by atoms with Crippen molar-refractivity contribution in [3.8, 4) is 0 Å². The second-order valence-corrected chi connectivity index (χ2v) is 10.3. The van der Waals surface area contributed by atoms with Crippen LogP contribution >= 0.6 is 15.9 Å². The van der Waals surface area contributed by atoms with Crippen LogP contribution in [0.3, 0.4) is 0 Å². The Bertz CT molecular complexity index is 1230. The molecule has 8 heteroatoms. The molecule has 1 unspecified atom stereocenters. The Morgan fingerprint density at radius 1 is 0.946 bits per heavy atom. The normalized spacial score (nSPS) is 14.2. The number of nitrogens with zero attached hydrogens (tertiary/aromatic N) is 2. The molecule has 0 aliphatic heterocycles. The fourth-order valence-electron chi connectivity index (χ4n) is 4.81. The molecular weight excluding hydrogens is 534 g/mol. The standard InChI is InChI=1S/C29H30BrN3O4/c30-24-16-14-22(15-17-24)20-32(28(34)19-23-10-4-7-13-26(23)33(36)37)27(18-21-8-2-1-3-9-21)29(35)31-25-11-5-6-12-25/h1-4,7-10,13-17,25,27H,5-6,11-12,18-20H2,(H,31,35). The van der Waals surface area contributed by atoms with E-state index >= 15 is 0 Å². The van der Waals surface area contributed by atoms with E-state index in [0.717, 1.165) is 41.3 Å². The summed E-state index contributed by atoms with van der Waals surface area (Å²) in [6, 6.07) is 22.8. The number of nitrogens with one attached hydrogen (secondary N) is 1. The van der Waals surface area contributed by atoms with Crippen molar-refractivity contribution in [3.05, 3.63) is 110 Å². The van der Waals surface area contributed by atoms with Crippen molar-refractivity contribution in [2.75, 3.05) is 0 Å². The third-order valence-electron chi connectivity index (χ3n) is 6.77. The molecule has 1 N–H and O–H groups in total. The van der Waals surface area contributed by atoms with Gasteiger partial charge in [0.2, 0.25) is 11.8 Å². The lowest BCUT2D eigenvalue weighted by Crippen LogP contribution is -2.52. The van der Waals surface area contributed by atoms with Crippen molar-refractivity contribution in [2.45, 2.75) is 57.2 Å². The molecule has 37 heavy (non-hydrogen) atoms. The molecule has 1 saturated carbocycles. The summed E-state index contributed by atoms with van der Waals surface area (Å²) in [5, 5.41) is 14.8. The lowest BCUT2D eigenvalue weighted by Gasteiger charge is -2.32. The van der Waals surface area contributed by atoms with Crippen LogP contribution in [0.25, 0.3) is 0 Å². The molecule has 3 aromatic carbocycles. The molecule has 3 aromatic rings. The summed E-state index contributed by atoms with van der Waals surface area (Å²) < 4.78 is 0.911. The third kappa shape index (κ3) is 7.26. The number of para-hydroxylation sites is 1. The predicted octanol–water partition coefficient (Wildman–Crippen LogP) is 5.60. The Kier molecular flexibility index (Phi) is 9.06. The van der Waals surface area contributed by atoms with E-state index in [1.165, 1.54) is 6.07 Å². The minimum atomic E-state index is -0.762. The summed E-state index contributed by atoms with van der Waals surface area (Å²) in [7, 11) is 0. The fourth-order valence-corrected chi connectivity index (χ4v) is 5.08. The van der Waals surface area contributed by atoms with Gasteiger partial charge in [-0.1, -0.05) is 89.4 Å². The predicted molar refractivity (Wildman–Crippen MR) is 146 cm³/mol. The van der Waals surface area contributed by atoms with Gasteiger partial charge in [-0.3, -0.25) is 19.7 Å². The van der Waals surface area contributed by atoms with Crippen LogP contribution in [0.4, 0.5) is 5.69 Å². The van der Waals surface area contributed by atoms with Gasteiger partial charge in [-0.2, -0.15) is 0 Å². The SMILES string of the molecule is O=C(NC1CCCC1)C(Cc1ccccc1)N(Cc1ccc(Br)cc1)C(=O)Cc1ccccc1[N+](=O)[O-]. The second kappa shape index (κ2) is 12.6. The van der Waals surface area contributed by atoms with E-state index in [9.17, 15) is 19.7 Å². The van der Waals surface area contributed by atoms with Crippen LogP contribution in [-0.2, 0) is 29.0 Å². The minimum absolute atomic E-state index is 0.102. The molecule has 1 aliphatic carbocycles. The van der Waals surface area contributed by atoms with E-state index in [-0.39, 0.29) is 36.5 Å². The van der Waals surface area contributed by atoms with Gasteiger partial charge < -0.3 is 10.2 Å². The monoisotopic (exact) mass is 563 g/mol. The zero-order valence-corrected chi connectivity index (χ0v) is 22.1. The van der Waals surface area contributed by atoms with Crippen LogP contribution in [-0.4, -0.2) is 33.7 Å². The summed E-state index contributed by atoms with van der Waals surface area (Å²) >= 11 is 3.44. The first kappa shape index (κ1) is 26.5. The van der Waals surface area contributed by atoms with Gasteiger partial charge in [-0.05, 0) is 36.1 Å². The van der Waals surface area contributed by atoms with Crippen LogP contribution in [0.15, 0.2) is 83.3 Å². The number of halogens is 1. The Hall–Kier alpha value is -3.52. The van der Waals surface area contributed by atoms with E-state index in [2.05, 4.69) is 21.2 Å². The van der Waals surface area contributed by atoms with Crippen molar-refractivity contribution >= 4 is 33.4 Å². The Morgan fingerprint density at radius 3 is 2.27 bits per heavy atom. The van der Waals surface area contributed by atoms with Gasteiger partial charge in [0.25, 0.3) is 5.69 Å². The van der Waals surface area contributed by atoms with E-state index in [1.807, 2.05) is 54.6 Å². The first-order valence-corrected chi connectivity index (χ1v) is 13.3. The molecule has 192 valence electrons. The summed E-state index contributed by atoms with van der Waals surface area (Å²) in [5.41, 5.74) is 2.03. The average molecular weight is 564 g/mol. The second-order valence-electron chi connectivity index (χ2n) is 9.41. The maximum atomic E-state index is 13.8. The number of amides is 2. The first-order valence-electron chi connectivity index (χ1n) is 12.5. The number of carbonyl (C=O) groups excluding carboxylic acids is 2. The molecule has 0 radical (unpaired) electrons. The summed E-state index contributed by atoms with van der Waals surface area (Å²) in [6.07, 6.45) is 4.19. The number of hydrogen-bond acceptors (Lipinski definition) is 4. The number of nitro benzene ring substituents is 1. The van der Waals surface area contributed by atoms with Gasteiger partial charge in [-0.15, -0.1) is 0 Å². The minimum Gasteiger partial charge on any atom is -0.352 e. The molecule has 1 fully saturated rings. The van der Waals surface area contributed by atoms with Crippen LogP contribution in [0.5, 0.6) is 0 Å². The van der Waals surface area contributed by atoms with Crippen LogP contribution in [0.1, 0.15) is 42.4 Å². The smallest absolute Gasteiger partial charge is 0.273 e. The maximum Gasteiger partial charge on any atom is 0.273 e. The zero-order chi connectivity index (χ0) is 26.2. The average Bonchev–Trinajstić information content (AvgIpc) is 3.41. The Balaban J connectivity index is 1.68. The quantitative estimate of drug-likeness (QED) is 0.256. The highest BCUT2D eigenvalue weighted by molar-refractivity contribution is 9.10. The summed E-state index contributed by atoms with van der Waals surface area (Å²) in [6.45, 7) is 0.211. The Labute approximate surface area is 225 Å². The molecule has 4 rings (SSSR count). The van der Waals surface area contributed by atoms with Crippen molar-refractivity contribution in [2.24, 2.45) is 0 Å². The molecule has 1 atom stereocenters. The molecule has 2 amide bonds. The van der Waals surface area contributed by atoms with Gasteiger partial charge >= 0.3 is 0 Å². The highest BCUT2D eigenvalue weighted by Crippen LogP contribution is 2.23. The van der Waals surface area contributed by atoms with E-state index in [4.69, 9.17) is 0 Å². The third-order valence-corrected chi connectivity index (χ3v) is 7.30. The fraction of sp³-hybridized carbons (Fsp3) is 0.310. The largest absolute Gasteiger partial charge is 0.352 e. The highest BCUT2D eigenvalue weighted by Gasteiger charge is 2.33. The van der Waals surface area contributed by atoms with Crippen LogP contribution in [0.2, 0.25) is 0 Å². The molecular formula is C29H30BrN3O4. The van der Waals surface area contributed by atoms with Gasteiger partial charge in [0.1, 0.15) is 6.04 Å². The highest BCUT2D eigenvalue weighted by atomic mass is 79.9. The van der Waals surface area contributed by atoms with Crippen LogP contribution < -0.4 is 5.32 Å². The van der Waals surface area contributed by atoms with Gasteiger partial charge in [0.15, 0.2) is 0 Å². The molecule has 0 bridgehead atoms. The molecule has 0 heterocycles. The molecule has 0 aromatic heterocycles. The van der Waals surface area contributed by atoms with E-state index in [1.54, 1.807) is 23.1 Å². The lowest BCUT2D eigenvalue weighted by atomic mass is 10.0. The summed E-state index contributed by atoms with van der Waals surface area (Å²) in [4.78, 5) is 40.2. The van der Waals surface area contributed by atoms with Gasteiger partial charge in [-0.25, -0.2) is 0 Å². The van der Waals surface area contributed by atoms with Gasteiger partial charge in [0, 0.05) is 35.1 Å². The topological polar surface area (TPSA) is 92.6 Å². The maximum absolute atomic E-state index is 13.8. The molecule has 0 saturated heterocycles. The number of nitro groups is 1. The van der Waals surface area contributed by atoms with E-state index in [0.29, 0.717) is 12.0 Å². The van der Waals surface area contributed by atoms with Crippen molar-refractivity contribution < 1.29 is 14.5 Å². The summed E-state index contributed by atoms with van der Waals surface area (Å²) in [5.74, 6) is -0.525. The molecule has 7 nitrogen and oxygen atoms in total. The lowest BCUT2D eigenvalue weighted by molar-refractivity contribution is -0.385. The molecule has 0 spiro atoms. The van der Waals surface area contributed by atoms with Crippen molar-refractivity contribution in [1.82, 2.24) is 10.2 Å². The molecule has 1 aliphatic rings. The number of rotatable bonds is 10.